The minimum Gasteiger partial charge on any atom is -0.497 e. The molecule has 0 unspecified atom stereocenters. The third kappa shape index (κ3) is 3.23. The van der Waals surface area contributed by atoms with Crippen molar-refractivity contribution in [2.24, 2.45) is 5.92 Å². The maximum absolute atomic E-state index is 12.6. The summed E-state index contributed by atoms with van der Waals surface area (Å²) in [5.41, 5.74) is 2.26. The lowest BCUT2D eigenvalue weighted by Crippen LogP contribution is -2.28. The van der Waals surface area contributed by atoms with Crippen LogP contribution in [0.2, 0.25) is 0 Å². The first-order valence-electron chi connectivity index (χ1n) is 8.19. The number of hydrogen-bond acceptors (Lipinski definition) is 3. The van der Waals surface area contributed by atoms with E-state index >= 15 is 0 Å². The molecule has 0 spiro atoms. The van der Waals surface area contributed by atoms with Crippen LogP contribution in [0.4, 0.5) is 0 Å². The lowest BCUT2D eigenvalue weighted by molar-refractivity contribution is -0.132. The fraction of sp³-hybridized carbons (Fsp3) is 0.350. The van der Waals surface area contributed by atoms with Crippen LogP contribution < -0.4 is 9.47 Å². The summed E-state index contributed by atoms with van der Waals surface area (Å²) >= 11 is 0. The monoisotopic (exact) mass is 325 g/mol. The van der Waals surface area contributed by atoms with E-state index in [4.69, 9.17) is 9.47 Å². The van der Waals surface area contributed by atoms with E-state index in [2.05, 4.69) is 12.1 Å². The second-order valence-electron chi connectivity index (χ2n) is 6.24. The van der Waals surface area contributed by atoms with E-state index in [1.807, 2.05) is 48.2 Å². The van der Waals surface area contributed by atoms with Gasteiger partial charge in [-0.05, 0) is 41.8 Å². The summed E-state index contributed by atoms with van der Waals surface area (Å²) in [6.07, 6.45) is 0.849. The molecule has 24 heavy (non-hydrogen) atoms. The molecule has 0 N–H and O–H groups in total. The molecule has 1 saturated heterocycles. The highest BCUT2D eigenvalue weighted by atomic mass is 16.5. The third-order valence-electron chi connectivity index (χ3n) is 4.67. The lowest BCUT2D eigenvalue weighted by atomic mass is 10.0. The Morgan fingerprint density at radius 2 is 1.50 bits per heavy atom. The summed E-state index contributed by atoms with van der Waals surface area (Å²) in [5.74, 6) is 1.92. The molecule has 2 aromatic rings. The molecule has 1 aliphatic rings. The molecule has 2 aromatic carbocycles. The molecule has 0 aromatic heterocycles. The molecule has 1 fully saturated rings. The summed E-state index contributed by atoms with van der Waals surface area (Å²) < 4.78 is 10.4. The van der Waals surface area contributed by atoms with Crippen LogP contribution in [0.3, 0.4) is 0 Å². The standard InChI is InChI=1S/C20H23NO3/c1-14-12-19(16-6-10-18(24-3)11-7-16)21(20(14)22)13-15-4-8-17(23-2)9-5-15/h4-11,14,19H,12-13H2,1-3H3/t14-,19-/m0/s1. The van der Waals surface area contributed by atoms with Gasteiger partial charge in [-0.15, -0.1) is 0 Å². The molecule has 126 valence electrons. The topological polar surface area (TPSA) is 38.8 Å². The van der Waals surface area contributed by atoms with Crippen molar-refractivity contribution in [2.75, 3.05) is 14.2 Å². The Labute approximate surface area is 143 Å². The van der Waals surface area contributed by atoms with Crippen LogP contribution >= 0.6 is 0 Å². The number of carbonyl (C=O) groups is 1. The van der Waals surface area contributed by atoms with Crippen LogP contribution in [-0.4, -0.2) is 25.0 Å². The van der Waals surface area contributed by atoms with Gasteiger partial charge in [0.15, 0.2) is 0 Å². The highest BCUT2D eigenvalue weighted by molar-refractivity contribution is 5.81. The van der Waals surface area contributed by atoms with Crippen LogP contribution in [0.5, 0.6) is 11.5 Å². The first kappa shape index (κ1) is 16.4. The van der Waals surface area contributed by atoms with Gasteiger partial charge in [0.1, 0.15) is 11.5 Å². The second kappa shape index (κ2) is 6.95. The largest absolute Gasteiger partial charge is 0.497 e. The average Bonchev–Trinajstić information content (AvgIpc) is 2.91. The zero-order chi connectivity index (χ0) is 17.1. The molecule has 3 rings (SSSR count). The van der Waals surface area contributed by atoms with Gasteiger partial charge in [0.2, 0.25) is 5.91 Å². The molecule has 0 bridgehead atoms. The molecule has 4 nitrogen and oxygen atoms in total. The molecular weight excluding hydrogens is 302 g/mol. The van der Waals surface area contributed by atoms with Gasteiger partial charge >= 0.3 is 0 Å². The van der Waals surface area contributed by atoms with Crippen molar-refractivity contribution in [2.45, 2.75) is 25.9 Å². The van der Waals surface area contributed by atoms with E-state index < -0.39 is 0 Å². The zero-order valence-electron chi connectivity index (χ0n) is 14.4. The van der Waals surface area contributed by atoms with Gasteiger partial charge in [0, 0.05) is 12.5 Å². The van der Waals surface area contributed by atoms with E-state index in [9.17, 15) is 4.79 Å². The molecular formula is C20H23NO3. The van der Waals surface area contributed by atoms with Gasteiger partial charge in [-0.2, -0.15) is 0 Å². The third-order valence-corrected chi connectivity index (χ3v) is 4.67. The van der Waals surface area contributed by atoms with Crippen molar-refractivity contribution in [1.29, 1.82) is 0 Å². The Balaban J connectivity index is 1.82. The Kier molecular flexibility index (Phi) is 4.74. The van der Waals surface area contributed by atoms with Gasteiger partial charge in [-0.1, -0.05) is 31.2 Å². The Hall–Kier alpha value is -2.49. The van der Waals surface area contributed by atoms with Crippen molar-refractivity contribution < 1.29 is 14.3 Å². The number of nitrogens with zero attached hydrogens (tertiary/aromatic N) is 1. The van der Waals surface area contributed by atoms with E-state index in [1.165, 1.54) is 0 Å². The van der Waals surface area contributed by atoms with E-state index in [0.717, 1.165) is 29.0 Å². The molecule has 0 saturated carbocycles. The maximum atomic E-state index is 12.6. The Morgan fingerprint density at radius 3 is 2.04 bits per heavy atom. The number of carbonyl (C=O) groups excluding carboxylic acids is 1. The summed E-state index contributed by atoms with van der Waals surface area (Å²) in [7, 11) is 3.31. The molecule has 1 heterocycles. The van der Waals surface area contributed by atoms with Crippen LogP contribution in [0.25, 0.3) is 0 Å². The quantitative estimate of drug-likeness (QED) is 0.839. The second-order valence-corrected chi connectivity index (χ2v) is 6.24. The van der Waals surface area contributed by atoms with Crippen LogP contribution in [0.1, 0.15) is 30.5 Å². The van der Waals surface area contributed by atoms with E-state index in [-0.39, 0.29) is 17.9 Å². The zero-order valence-corrected chi connectivity index (χ0v) is 14.4. The van der Waals surface area contributed by atoms with Gasteiger partial charge < -0.3 is 14.4 Å². The van der Waals surface area contributed by atoms with E-state index in [0.29, 0.717) is 6.54 Å². The predicted octanol–water partition coefficient (Wildman–Crippen LogP) is 3.81. The molecule has 2 atom stereocenters. The number of likely N-dealkylation sites (tertiary alicyclic amines) is 1. The minimum atomic E-state index is 0.0513. The van der Waals surface area contributed by atoms with E-state index in [1.54, 1.807) is 14.2 Å². The Bertz CT molecular complexity index is 694. The molecule has 0 aliphatic carbocycles. The maximum Gasteiger partial charge on any atom is 0.226 e. The number of hydrogen-bond donors (Lipinski definition) is 0. The van der Waals surface area contributed by atoms with Crippen molar-refractivity contribution in [3.8, 4) is 11.5 Å². The molecule has 1 amide bonds. The van der Waals surface area contributed by atoms with Crippen LogP contribution in [0, 0.1) is 5.92 Å². The van der Waals surface area contributed by atoms with Crippen LogP contribution in [0.15, 0.2) is 48.5 Å². The molecule has 1 aliphatic heterocycles. The smallest absolute Gasteiger partial charge is 0.226 e. The van der Waals surface area contributed by atoms with Crippen molar-refractivity contribution >= 4 is 5.91 Å². The number of rotatable bonds is 5. The van der Waals surface area contributed by atoms with Crippen LogP contribution in [-0.2, 0) is 11.3 Å². The lowest BCUT2D eigenvalue weighted by Gasteiger charge is -2.25. The first-order valence-corrected chi connectivity index (χ1v) is 8.19. The minimum absolute atomic E-state index is 0.0513. The normalized spacial score (nSPS) is 20.3. The fourth-order valence-corrected chi connectivity index (χ4v) is 3.26. The average molecular weight is 325 g/mol. The van der Waals surface area contributed by atoms with Crippen molar-refractivity contribution in [3.05, 3.63) is 59.7 Å². The number of amides is 1. The van der Waals surface area contributed by atoms with Crippen molar-refractivity contribution in [1.82, 2.24) is 4.90 Å². The summed E-state index contributed by atoms with van der Waals surface area (Å²) in [6.45, 7) is 2.62. The SMILES string of the molecule is COc1ccc(CN2C(=O)[C@@H](C)C[C@H]2c2ccc(OC)cc2)cc1. The summed E-state index contributed by atoms with van der Waals surface area (Å²) in [4.78, 5) is 14.6. The first-order chi connectivity index (χ1) is 11.6. The van der Waals surface area contributed by atoms with Gasteiger partial charge in [-0.25, -0.2) is 0 Å². The fourth-order valence-electron chi connectivity index (χ4n) is 3.26. The van der Waals surface area contributed by atoms with Gasteiger partial charge in [-0.3, -0.25) is 4.79 Å². The highest BCUT2D eigenvalue weighted by Gasteiger charge is 2.37. The summed E-state index contributed by atoms with van der Waals surface area (Å²) in [5, 5.41) is 0. The highest BCUT2D eigenvalue weighted by Crippen LogP contribution is 2.37. The number of methoxy groups -OCH3 is 2. The number of benzene rings is 2. The van der Waals surface area contributed by atoms with Gasteiger partial charge in [0.05, 0.1) is 20.3 Å². The molecule has 4 heteroatoms. The summed E-state index contributed by atoms with van der Waals surface area (Å²) in [6, 6.07) is 16.0. The van der Waals surface area contributed by atoms with Crippen molar-refractivity contribution in [3.63, 3.8) is 0 Å². The van der Waals surface area contributed by atoms with Gasteiger partial charge in [0.25, 0.3) is 0 Å². The number of ether oxygens (including phenoxy) is 2. The Morgan fingerprint density at radius 1 is 0.958 bits per heavy atom. The predicted molar refractivity (Wildman–Crippen MR) is 93.1 cm³/mol. The molecule has 0 radical (unpaired) electrons.